The number of alkyl halides is 3. The van der Waals surface area contributed by atoms with Crippen LogP contribution in [0.25, 0.3) is 0 Å². The minimum absolute atomic E-state index is 0.102. The lowest BCUT2D eigenvalue weighted by molar-refractivity contribution is -0.137. The van der Waals surface area contributed by atoms with Gasteiger partial charge in [-0.25, -0.2) is 4.98 Å². The Morgan fingerprint density at radius 2 is 2.00 bits per heavy atom. The molecule has 0 radical (unpaired) electrons. The van der Waals surface area contributed by atoms with E-state index < -0.39 is 11.7 Å². The molecule has 0 spiro atoms. The van der Waals surface area contributed by atoms with Gasteiger partial charge in [0.25, 0.3) is 0 Å². The van der Waals surface area contributed by atoms with E-state index in [4.69, 9.17) is 9.84 Å². The van der Waals surface area contributed by atoms with Crippen LogP contribution < -0.4 is 4.90 Å². The van der Waals surface area contributed by atoms with Gasteiger partial charge in [0.1, 0.15) is 5.82 Å². The number of rotatable bonds is 4. The van der Waals surface area contributed by atoms with Gasteiger partial charge in [-0.1, -0.05) is 0 Å². The first-order chi connectivity index (χ1) is 9.50. The SMILES string of the molecule is OCCSc1cc(C(F)(F)F)cc(N2CCOCC2)n1. The Balaban J connectivity index is 2.29. The first-order valence-electron chi connectivity index (χ1n) is 6.16. The molecule has 0 aliphatic carbocycles. The summed E-state index contributed by atoms with van der Waals surface area (Å²) in [6.45, 7) is 1.92. The van der Waals surface area contributed by atoms with Crippen LogP contribution in [0.2, 0.25) is 0 Å². The minimum atomic E-state index is -4.40. The van der Waals surface area contributed by atoms with Gasteiger partial charge in [0.15, 0.2) is 0 Å². The number of morpholine rings is 1. The normalized spacial score (nSPS) is 16.5. The molecule has 1 saturated heterocycles. The Bertz CT molecular complexity index is 451. The summed E-state index contributed by atoms with van der Waals surface area (Å²) in [5, 5.41) is 9.05. The molecule has 1 aromatic rings. The molecule has 0 aromatic carbocycles. The highest BCUT2D eigenvalue weighted by molar-refractivity contribution is 7.99. The molecule has 0 bridgehead atoms. The first kappa shape index (κ1) is 15.4. The van der Waals surface area contributed by atoms with Crippen molar-refractivity contribution in [2.45, 2.75) is 11.2 Å². The second kappa shape index (κ2) is 6.64. The van der Waals surface area contributed by atoms with E-state index in [0.29, 0.717) is 37.9 Å². The van der Waals surface area contributed by atoms with E-state index in [0.717, 1.165) is 23.9 Å². The van der Waals surface area contributed by atoms with Gasteiger partial charge in [-0.3, -0.25) is 0 Å². The van der Waals surface area contributed by atoms with Gasteiger partial charge >= 0.3 is 6.18 Å². The number of thioether (sulfide) groups is 1. The number of ether oxygens (including phenoxy) is 1. The number of aliphatic hydroxyl groups excluding tert-OH is 1. The van der Waals surface area contributed by atoms with E-state index in [-0.39, 0.29) is 11.6 Å². The van der Waals surface area contributed by atoms with Gasteiger partial charge in [0, 0.05) is 18.8 Å². The summed E-state index contributed by atoms with van der Waals surface area (Å²) in [5.74, 6) is 0.625. The number of nitrogens with zero attached hydrogens (tertiary/aromatic N) is 2. The molecule has 0 unspecified atom stereocenters. The van der Waals surface area contributed by atoms with Crippen molar-refractivity contribution < 1.29 is 23.0 Å². The van der Waals surface area contributed by atoms with Gasteiger partial charge in [-0.2, -0.15) is 13.2 Å². The monoisotopic (exact) mass is 308 g/mol. The Morgan fingerprint density at radius 3 is 2.60 bits per heavy atom. The van der Waals surface area contributed by atoms with Crippen LogP contribution in [-0.4, -0.2) is 48.8 Å². The van der Waals surface area contributed by atoms with Gasteiger partial charge in [-0.15, -0.1) is 11.8 Å². The summed E-state index contributed by atoms with van der Waals surface area (Å²) in [4.78, 5) is 6.01. The topological polar surface area (TPSA) is 45.6 Å². The Labute approximate surface area is 118 Å². The second-order valence-corrected chi connectivity index (χ2v) is 5.34. The highest BCUT2D eigenvalue weighted by atomic mass is 32.2. The van der Waals surface area contributed by atoms with Crippen LogP contribution in [0.15, 0.2) is 17.2 Å². The third-order valence-corrected chi connectivity index (χ3v) is 3.68. The number of anilines is 1. The molecule has 20 heavy (non-hydrogen) atoms. The maximum Gasteiger partial charge on any atom is 0.416 e. The van der Waals surface area contributed by atoms with Crippen LogP contribution in [0.3, 0.4) is 0 Å². The maximum atomic E-state index is 12.9. The predicted molar refractivity (Wildman–Crippen MR) is 70.1 cm³/mol. The molecule has 4 nitrogen and oxygen atoms in total. The largest absolute Gasteiger partial charge is 0.416 e. The molecule has 2 heterocycles. The smallest absolute Gasteiger partial charge is 0.396 e. The highest BCUT2D eigenvalue weighted by Crippen LogP contribution is 2.34. The van der Waals surface area contributed by atoms with Crippen molar-refractivity contribution in [2.24, 2.45) is 0 Å². The predicted octanol–water partition coefficient (Wildman–Crippen LogP) is 2.02. The fourth-order valence-corrected chi connectivity index (χ4v) is 2.50. The van der Waals surface area contributed by atoms with Crippen molar-refractivity contribution >= 4 is 17.6 Å². The summed E-state index contributed by atoms with van der Waals surface area (Å²) >= 11 is 1.11. The molecule has 1 aliphatic rings. The number of halogens is 3. The summed E-state index contributed by atoms with van der Waals surface area (Å²) in [6, 6.07) is 2.08. The van der Waals surface area contributed by atoms with Crippen LogP contribution in [0, 0.1) is 0 Å². The number of hydrogen-bond acceptors (Lipinski definition) is 5. The Morgan fingerprint density at radius 1 is 1.30 bits per heavy atom. The molecule has 112 valence electrons. The van der Waals surface area contributed by atoms with Crippen LogP contribution in [0.5, 0.6) is 0 Å². The molecular weight excluding hydrogens is 293 g/mol. The molecule has 1 fully saturated rings. The van der Waals surface area contributed by atoms with Gasteiger partial charge in [0.05, 0.1) is 30.4 Å². The van der Waals surface area contributed by atoms with Crippen molar-refractivity contribution in [1.29, 1.82) is 0 Å². The quantitative estimate of drug-likeness (QED) is 0.862. The van der Waals surface area contributed by atoms with Gasteiger partial charge in [-0.05, 0) is 12.1 Å². The Kier molecular flexibility index (Phi) is 5.11. The third kappa shape index (κ3) is 4.00. The molecule has 1 N–H and O–H groups in total. The van der Waals surface area contributed by atoms with Crippen molar-refractivity contribution in [3.63, 3.8) is 0 Å². The van der Waals surface area contributed by atoms with Crippen LogP contribution >= 0.6 is 11.8 Å². The van der Waals surface area contributed by atoms with E-state index in [1.165, 1.54) is 0 Å². The summed E-state index contributed by atoms with van der Waals surface area (Å²) < 4.78 is 43.9. The Hall–Kier alpha value is -0.990. The zero-order valence-corrected chi connectivity index (χ0v) is 11.5. The maximum absolute atomic E-state index is 12.9. The number of hydrogen-bond donors (Lipinski definition) is 1. The van der Waals surface area contributed by atoms with E-state index in [9.17, 15) is 13.2 Å². The zero-order chi connectivity index (χ0) is 14.6. The number of aliphatic hydroxyl groups is 1. The van der Waals surface area contributed by atoms with Crippen molar-refractivity contribution in [1.82, 2.24) is 4.98 Å². The fraction of sp³-hybridized carbons (Fsp3) is 0.583. The molecule has 1 aliphatic heterocycles. The lowest BCUT2D eigenvalue weighted by Crippen LogP contribution is -2.37. The molecule has 0 saturated carbocycles. The van der Waals surface area contributed by atoms with E-state index in [1.54, 1.807) is 4.90 Å². The zero-order valence-electron chi connectivity index (χ0n) is 10.7. The van der Waals surface area contributed by atoms with E-state index >= 15 is 0 Å². The lowest BCUT2D eigenvalue weighted by atomic mass is 10.2. The first-order valence-corrected chi connectivity index (χ1v) is 7.15. The van der Waals surface area contributed by atoms with E-state index in [2.05, 4.69) is 4.98 Å². The van der Waals surface area contributed by atoms with Gasteiger partial charge < -0.3 is 14.7 Å². The van der Waals surface area contributed by atoms with Crippen LogP contribution in [-0.2, 0) is 10.9 Å². The fourth-order valence-electron chi connectivity index (χ4n) is 1.83. The highest BCUT2D eigenvalue weighted by Gasteiger charge is 2.32. The second-order valence-electron chi connectivity index (χ2n) is 4.22. The minimum Gasteiger partial charge on any atom is -0.396 e. The third-order valence-electron chi connectivity index (χ3n) is 2.79. The summed E-state index contributed by atoms with van der Waals surface area (Å²) in [7, 11) is 0. The molecule has 8 heteroatoms. The van der Waals surface area contributed by atoms with Crippen molar-refractivity contribution in [3.05, 3.63) is 17.7 Å². The van der Waals surface area contributed by atoms with Crippen LogP contribution in [0.4, 0.5) is 19.0 Å². The average Bonchev–Trinajstić information content (AvgIpc) is 2.45. The lowest BCUT2D eigenvalue weighted by Gasteiger charge is -2.28. The van der Waals surface area contributed by atoms with E-state index in [1.807, 2.05) is 0 Å². The molecular formula is C12H15F3N2O2S. The molecule has 0 amide bonds. The van der Waals surface area contributed by atoms with Crippen molar-refractivity contribution in [3.8, 4) is 0 Å². The molecule has 1 aromatic heterocycles. The summed E-state index contributed by atoms with van der Waals surface area (Å²) in [6.07, 6.45) is -4.40. The number of pyridine rings is 1. The van der Waals surface area contributed by atoms with Gasteiger partial charge in [0.2, 0.25) is 0 Å². The van der Waals surface area contributed by atoms with Crippen LogP contribution in [0.1, 0.15) is 5.56 Å². The molecule has 2 rings (SSSR count). The summed E-state index contributed by atoms with van der Waals surface area (Å²) in [5.41, 5.74) is -0.713. The average molecular weight is 308 g/mol. The molecule has 0 atom stereocenters. The van der Waals surface area contributed by atoms with Crippen molar-refractivity contribution in [2.75, 3.05) is 43.6 Å². The standard InChI is InChI=1S/C12H15F3N2O2S/c13-12(14,15)9-7-10(17-1-4-19-5-2-17)16-11(8-9)20-6-3-18/h7-8,18H,1-6H2. The number of aromatic nitrogens is 1.